The van der Waals surface area contributed by atoms with Crippen LogP contribution in [0, 0.1) is 0 Å². The summed E-state index contributed by atoms with van der Waals surface area (Å²) < 4.78 is 0. The molecule has 0 amide bonds. The predicted molar refractivity (Wildman–Crippen MR) is 29.9 cm³/mol. The minimum atomic E-state index is -4.04. The predicted octanol–water partition coefficient (Wildman–Crippen LogP) is -0.546. The first-order valence-corrected chi connectivity index (χ1v) is 3.69. The second kappa shape index (κ2) is 1.90. The van der Waals surface area contributed by atoms with Crippen LogP contribution in [0.15, 0.2) is 0 Å². The van der Waals surface area contributed by atoms with Crippen LogP contribution in [0.5, 0.6) is 0 Å². The molecule has 0 saturated heterocycles. The largest absolute Gasteiger partial charge is 0.437 e. The summed E-state index contributed by atoms with van der Waals surface area (Å²) in [6, 6.07) is 0. The zero-order chi connectivity index (χ0) is 7.00. The quantitative estimate of drug-likeness (QED) is 0.369. The van der Waals surface area contributed by atoms with Gasteiger partial charge in [0.15, 0.2) is 0 Å². The van der Waals surface area contributed by atoms with Gasteiger partial charge in [-0.1, -0.05) is 0 Å². The minimum Gasteiger partial charge on any atom is -0.351 e. The van der Waals surface area contributed by atoms with Crippen LogP contribution in [0.1, 0.15) is 13.8 Å². The van der Waals surface area contributed by atoms with Gasteiger partial charge < -0.3 is 5.11 Å². The van der Waals surface area contributed by atoms with Gasteiger partial charge in [-0.3, -0.25) is 0 Å². The van der Waals surface area contributed by atoms with Crippen LogP contribution in [0.2, 0.25) is 0 Å². The lowest BCUT2D eigenvalue weighted by Crippen LogP contribution is -2.22. The molecule has 4 N–H and O–H groups in total. The van der Waals surface area contributed by atoms with E-state index in [0.717, 1.165) is 13.8 Å². The van der Waals surface area contributed by atoms with Crippen molar-refractivity contribution in [1.82, 2.24) is 0 Å². The van der Waals surface area contributed by atoms with Crippen molar-refractivity contribution in [2.24, 2.45) is 0 Å². The summed E-state index contributed by atoms with van der Waals surface area (Å²) in [4.78, 5) is 25.0. The van der Waals surface area contributed by atoms with Crippen LogP contribution in [0.25, 0.3) is 0 Å². The van der Waals surface area contributed by atoms with E-state index in [9.17, 15) is 0 Å². The highest BCUT2D eigenvalue weighted by atomic mass is 31.2. The Balaban J connectivity index is 4.02. The van der Waals surface area contributed by atoms with Gasteiger partial charge in [0.1, 0.15) is 0 Å². The number of aliphatic hydroxyl groups is 1. The highest BCUT2D eigenvalue weighted by molar-refractivity contribution is 7.60. The molecule has 0 atom stereocenters. The Morgan fingerprint density at radius 2 is 1.25 bits per heavy atom. The van der Waals surface area contributed by atoms with Crippen molar-refractivity contribution < 1.29 is 19.8 Å². The van der Waals surface area contributed by atoms with Gasteiger partial charge in [0, 0.05) is 13.8 Å². The highest BCUT2D eigenvalue weighted by Gasteiger charge is 2.49. The van der Waals surface area contributed by atoms with Crippen LogP contribution >= 0.6 is 7.94 Å². The fourth-order valence-corrected chi connectivity index (χ4v) is 0. The second-order valence-electron chi connectivity index (χ2n) is 2.06. The first kappa shape index (κ1) is 8.27. The number of hydrogen-bond donors (Lipinski definition) is 4. The van der Waals surface area contributed by atoms with Crippen molar-refractivity contribution >= 4 is 7.94 Å². The lowest BCUT2D eigenvalue weighted by atomic mass is 10.5. The summed E-state index contributed by atoms with van der Waals surface area (Å²) in [7, 11) is -4.04. The van der Waals surface area contributed by atoms with Crippen molar-refractivity contribution in [3.8, 4) is 0 Å². The molecule has 0 rings (SSSR count). The molecule has 0 unspecified atom stereocenters. The molecule has 0 radical (unpaired) electrons. The standard InChI is InChI=1S/C3H10O4P/c1-3(2,4)8(5,6)7/h4-7H,1-2H3/q+1. The van der Waals surface area contributed by atoms with Gasteiger partial charge in [-0.2, -0.15) is 14.7 Å². The lowest BCUT2D eigenvalue weighted by molar-refractivity contribution is 0.111. The smallest absolute Gasteiger partial charge is 0.351 e. The average Bonchev–Trinajstić information content (AvgIpc) is 1.25. The van der Waals surface area contributed by atoms with Gasteiger partial charge in [-0.25, -0.2) is 0 Å². The molecule has 0 aromatic heterocycles. The SMILES string of the molecule is CC(C)(O)[P+](O)(O)O. The van der Waals surface area contributed by atoms with E-state index >= 15 is 0 Å². The zero-order valence-electron chi connectivity index (χ0n) is 4.74. The van der Waals surface area contributed by atoms with E-state index in [-0.39, 0.29) is 0 Å². The first-order chi connectivity index (χ1) is 3.25. The van der Waals surface area contributed by atoms with E-state index in [2.05, 4.69) is 0 Å². The molecule has 0 bridgehead atoms. The third-order valence-electron chi connectivity index (χ3n) is 0.734. The van der Waals surface area contributed by atoms with Gasteiger partial charge in [0.05, 0.1) is 0 Å². The Kier molecular flexibility index (Phi) is 1.96. The Morgan fingerprint density at radius 3 is 1.25 bits per heavy atom. The van der Waals surface area contributed by atoms with E-state index in [0.29, 0.717) is 0 Å². The molecule has 4 nitrogen and oxygen atoms in total. The number of rotatable bonds is 1. The van der Waals surface area contributed by atoms with Crippen molar-refractivity contribution in [3.05, 3.63) is 0 Å². The maximum Gasteiger partial charge on any atom is 0.437 e. The monoisotopic (exact) mass is 141 g/mol. The number of hydrogen-bond acceptors (Lipinski definition) is 4. The Bertz CT molecular complexity index is 66.3. The molecule has 5 heteroatoms. The van der Waals surface area contributed by atoms with Crippen molar-refractivity contribution in [3.63, 3.8) is 0 Å². The van der Waals surface area contributed by atoms with Gasteiger partial charge in [-0.15, -0.1) is 0 Å². The summed E-state index contributed by atoms with van der Waals surface area (Å²) >= 11 is 0. The molecular formula is C3H10O4P+. The molecule has 0 aromatic carbocycles. The molecule has 0 heterocycles. The molecule has 0 spiro atoms. The van der Waals surface area contributed by atoms with E-state index in [1.165, 1.54) is 0 Å². The maximum absolute atomic E-state index is 8.65. The van der Waals surface area contributed by atoms with E-state index < -0.39 is 13.3 Å². The Labute approximate surface area is 48.0 Å². The second-order valence-corrected chi connectivity index (χ2v) is 4.29. The molecule has 8 heavy (non-hydrogen) atoms. The van der Waals surface area contributed by atoms with Crippen LogP contribution in [0.4, 0.5) is 0 Å². The molecule has 50 valence electrons. The molecular weight excluding hydrogens is 131 g/mol. The third-order valence-corrected chi connectivity index (χ3v) is 2.20. The maximum atomic E-state index is 8.65. The summed E-state index contributed by atoms with van der Waals surface area (Å²) in [5, 5.41) is 6.87. The van der Waals surface area contributed by atoms with Gasteiger partial charge >= 0.3 is 7.94 Å². The van der Waals surface area contributed by atoms with Crippen molar-refractivity contribution in [1.29, 1.82) is 0 Å². The average molecular weight is 141 g/mol. The lowest BCUT2D eigenvalue weighted by Gasteiger charge is -2.16. The first-order valence-electron chi connectivity index (χ1n) is 2.05. The Morgan fingerprint density at radius 1 is 1.12 bits per heavy atom. The van der Waals surface area contributed by atoms with Crippen molar-refractivity contribution in [2.45, 2.75) is 19.2 Å². The summed E-state index contributed by atoms with van der Waals surface area (Å²) in [6.45, 7) is 2.25. The molecule has 0 aliphatic heterocycles. The van der Waals surface area contributed by atoms with Crippen molar-refractivity contribution in [2.75, 3.05) is 0 Å². The van der Waals surface area contributed by atoms with Gasteiger partial charge in [0.2, 0.25) is 0 Å². The highest BCUT2D eigenvalue weighted by Crippen LogP contribution is 2.55. The van der Waals surface area contributed by atoms with Crippen LogP contribution < -0.4 is 0 Å². The molecule has 0 fully saturated rings. The fraction of sp³-hybridized carbons (Fsp3) is 1.00. The summed E-state index contributed by atoms with van der Waals surface area (Å²) in [5.74, 6) is 0. The molecule has 0 aromatic rings. The fourth-order valence-electron chi connectivity index (χ4n) is 0. The van der Waals surface area contributed by atoms with E-state index in [1.807, 2.05) is 0 Å². The Hall–Kier alpha value is 0.270. The minimum absolute atomic E-state index is 1.13. The van der Waals surface area contributed by atoms with Crippen LogP contribution in [-0.4, -0.2) is 25.1 Å². The van der Waals surface area contributed by atoms with Crippen LogP contribution in [0.3, 0.4) is 0 Å². The molecule has 0 aliphatic carbocycles. The molecule has 0 aliphatic rings. The van der Waals surface area contributed by atoms with Gasteiger partial charge in [0.25, 0.3) is 5.34 Å². The van der Waals surface area contributed by atoms with Gasteiger partial charge in [-0.05, 0) is 0 Å². The van der Waals surface area contributed by atoms with Crippen LogP contribution in [-0.2, 0) is 0 Å². The zero-order valence-corrected chi connectivity index (χ0v) is 5.63. The normalized spacial score (nSPS) is 14.2. The van der Waals surface area contributed by atoms with E-state index in [4.69, 9.17) is 19.8 Å². The summed E-state index contributed by atoms with van der Waals surface area (Å²) in [6.07, 6.45) is 0. The molecule has 0 saturated carbocycles. The van der Waals surface area contributed by atoms with E-state index in [1.54, 1.807) is 0 Å². The summed E-state index contributed by atoms with van der Waals surface area (Å²) in [5.41, 5.74) is 0. The topological polar surface area (TPSA) is 80.9 Å². The third kappa shape index (κ3) is 2.03.